The van der Waals surface area contributed by atoms with Gasteiger partial charge in [-0.2, -0.15) is 13.2 Å². The summed E-state index contributed by atoms with van der Waals surface area (Å²) in [5, 5.41) is 1.72. The number of ether oxygens (including phenoxy) is 2. The zero-order chi connectivity index (χ0) is 14.6. The van der Waals surface area contributed by atoms with E-state index in [-0.39, 0.29) is 13.0 Å². The van der Waals surface area contributed by atoms with Crippen molar-refractivity contribution in [2.24, 2.45) is 0 Å². The molecule has 1 rings (SSSR count). The minimum Gasteiger partial charge on any atom is -0.462 e. The lowest BCUT2D eigenvalue weighted by atomic mass is 10.3. The fraction of sp³-hybridized carbons (Fsp3) is 0.500. The van der Waals surface area contributed by atoms with Crippen LogP contribution < -0.4 is 5.32 Å². The van der Waals surface area contributed by atoms with Crippen molar-refractivity contribution in [1.29, 1.82) is 0 Å². The molecule has 19 heavy (non-hydrogen) atoms. The summed E-state index contributed by atoms with van der Waals surface area (Å²) < 4.78 is 45.4. The lowest BCUT2D eigenvalue weighted by molar-refractivity contribution is -0.149. The van der Waals surface area contributed by atoms with Gasteiger partial charge in [0.1, 0.15) is 24.8 Å². The SMILES string of the molecule is C=C(C(=O)NCC(=O)OC1COC(=O)C1)C(F)(F)F. The van der Waals surface area contributed by atoms with Gasteiger partial charge in [-0.15, -0.1) is 0 Å². The average Bonchev–Trinajstić information content (AvgIpc) is 2.69. The Balaban J connectivity index is 2.32. The Morgan fingerprint density at radius 1 is 1.47 bits per heavy atom. The molecule has 1 unspecified atom stereocenters. The van der Waals surface area contributed by atoms with Gasteiger partial charge in [0.2, 0.25) is 0 Å². The number of cyclic esters (lactones) is 1. The predicted octanol–water partition coefficient (Wildman–Crippen LogP) is 0.0798. The summed E-state index contributed by atoms with van der Waals surface area (Å²) in [5.41, 5.74) is -1.61. The smallest absolute Gasteiger partial charge is 0.421 e. The van der Waals surface area contributed by atoms with Crippen LogP contribution in [0.15, 0.2) is 12.2 Å². The van der Waals surface area contributed by atoms with E-state index in [1.165, 1.54) is 0 Å². The highest BCUT2D eigenvalue weighted by molar-refractivity contribution is 5.95. The molecule has 0 bridgehead atoms. The number of amides is 1. The Hall–Kier alpha value is -2.06. The van der Waals surface area contributed by atoms with Crippen LogP contribution >= 0.6 is 0 Å². The van der Waals surface area contributed by atoms with Crippen molar-refractivity contribution in [1.82, 2.24) is 5.32 Å². The van der Waals surface area contributed by atoms with Crippen molar-refractivity contribution >= 4 is 17.8 Å². The number of halogens is 3. The van der Waals surface area contributed by atoms with E-state index >= 15 is 0 Å². The Morgan fingerprint density at radius 3 is 2.58 bits per heavy atom. The van der Waals surface area contributed by atoms with Gasteiger partial charge in [-0.3, -0.25) is 14.4 Å². The molecule has 0 aromatic heterocycles. The van der Waals surface area contributed by atoms with Gasteiger partial charge >= 0.3 is 18.1 Å². The van der Waals surface area contributed by atoms with Gasteiger partial charge in [0.25, 0.3) is 5.91 Å². The molecule has 1 heterocycles. The highest BCUT2D eigenvalue weighted by Crippen LogP contribution is 2.23. The molecular formula is C10H10F3NO5. The summed E-state index contributed by atoms with van der Waals surface area (Å²) in [5.74, 6) is -3.01. The molecule has 9 heteroatoms. The summed E-state index contributed by atoms with van der Waals surface area (Å²) in [4.78, 5) is 32.8. The molecular weight excluding hydrogens is 271 g/mol. The van der Waals surface area contributed by atoms with E-state index in [1.54, 1.807) is 5.32 Å². The minimum atomic E-state index is -4.86. The molecule has 1 fully saturated rings. The topological polar surface area (TPSA) is 81.7 Å². The molecule has 0 aromatic rings. The van der Waals surface area contributed by atoms with Gasteiger partial charge < -0.3 is 14.8 Å². The third-order valence-corrected chi connectivity index (χ3v) is 2.13. The van der Waals surface area contributed by atoms with Crippen LogP contribution in [-0.2, 0) is 23.9 Å². The quantitative estimate of drug-likeness (QED) is 0.583. The van der Waals surface area contributed by atoms with Crippen LogP contribution in [0.4, 0.5) is 13.2 Å². The first-order valence-corrected chi connectivity index (χ1v) is 5.09. The zero-order valence-corrected chi connectivity index (χ0v) is 9.58. The van der Waals surface area contributed by atoms with Gasteiger partial charge in [0, 0.05) is 0 Å². The fourth-order valence-electron chi connectivity index (χ4n) is 1.18. The molecule has 1 atom stereocenters. The lowest BCUT2D eigenvalue weighted by Crippen LogP contribution is -2.36. The van der Waals surface area contributed by atoms with Crippen LogP contribution in [0.2, 0.25) is 0 Å². The zero-order valence-electron chi connectivity index (χ0n) is 9.58. The van der Waals surface area contributed by atoms with E-state index in [9.17, 15) is 27.6 Å². The van der Waals surface area contributed by atoms with Gasteiger partial charge in [-0.05, 0) is 0 Å². The summed E-state index contributed by atoms with van der Waals surface area (Å²) in [6.45, 7) is 1.71. The van der Waals surface area contributed by atoms with E-state index in [0.717, 1.165) is 0 Å². The number of esters is 2. The first-order valence-electron chi connectivity index (χ1n) is 5.09. The van der Waals surface area contributed by atoms with Crippen LogP contribution in [0, 0.1) is 0 Å². The third kappa shape index (κ3) is 4.60. The Bertz CT molecular complexity index is 418. The van der Waals surface area contributed by atoms with Crippen molar-refractivity contribution in [3.8, 4) is 0 Å². The number of carbonyl (C=O) groups is 3. The maximum atomic E-state index is 12.1. The van der Waals surface area contributed by atoms with E-state index in [0.29, 0.717) is 0 Å². The molecule has 1 saturated heterocycles. The maximum Gasteiger partial charge on any atom is 0.421 e. The van der Waals surface area contributed by atoms with Gasteiger partial charge in [-0.25, -0.2) is 0 Å². The molecule has 1 aliphatic heterocycles. The summed E-state index contributed by atoms with van der Waals surface area (Å²) in [6.07, 6.45) is -5.75. The molecule has 0 saturated carbocycles. The number of hydrogen-bond donors (Lipinski definition) is 1. The normalized spacial score (nSPS) is 18.7. The van der Waals surface area contributed by atoms with E-state index in [4.69, 9.17) is 0 Å². The van der Waals surface area contributed by atoms with E-state index < -0.39 is 42.2 Å². The van der Waals surface area contributed by atoms with Crippen molar-refractivity contribution in [2.75, 3.05) is 13.2 Å². The standard InChI is InChI=1S/C10H10F3NO5/c1-5(10(11,12)13)9(17)14-3-8(16)19-6-2-7(15)18-4-6/h6H,1-4H2,(H,14,17). The number of rotatable bonds is 4. The minimum absolute atomic E-state index is 0.103. The van der Waals surface area contributed by atoms with Gasteiger partial charge in [0.05, 0.1) is 6.42 Å². The van der Waals surface area contributed by atoms with Crippen LogP contribution in [-0.4, -0.2) is 43.3 Å². The highest BCUT2D eigenvalue weighted by atomic mass is 19.4. The molecule has 1 N–H and O–H groups in total. The largest absolute Gasteiger partial charge is 0.462 e. The Morgan fingerprint density at radius 2 is 2.11 bits per heavy atom. The van der Waals surface area contributed by atoms with Crippen molar-refractivity contribution in [3.05, 3.63) is 12.2 Å². The molecule has 0 spiro atoms. The fourth-order valence-corrected chi connectivity index (χ4v) is 1.18. The highest BCUT2D eigenvalue weighted by Gasteiger charge is 2.37. The van der Waals surface area contributed by atoms with Crippen LogP contribution in [0.5, 0.6) is 0 Å². The van der Waals surface area contributed by atoms with E-state index in [1.807, 2.05) is 0 Å². The van der Waals surface area contributed by atoms with E-state index in [2.05, 4.69) is 16.1 Å². The molecule has 6 nitrogen and oxygen atoms in total. The predicted molar refractivity (Wildman–Crippen MR) is 53.7 cm³/mol. The second-order valence-electron chi connectivity index (χ2n) is 3.66. The molecule has 106 valence electrons. The monoisotopic (exact) mass is 281 g/mol. The Labute approximate surface area is 105 Å². The summed E-state index contributed by atoms with van der Waals surface area (Å²) in [7, 11) is 0. The molecule has 0 aliphatic carbocycles. The molecule has 1 aliphatic rings. The van der Waals surface area contributed by atoms with Crippen LogP contribution in [0.3, 0.4) is 0 Å². The van der Waals surface area contributed by atoms with Crippen LogP contribution in [0.1, 0.15) is 6.42 Å². The maximum absolute atomic E-state index is 12.1. The number of nitrogens with one attached hydrogen (secondary N) is 1. The first kappa shape index (κ1) is 15.0. The summed E-state index contributed by atoms with van der Waals surface area (Å²) in [6, 6.07) is 0. The summed E-state index contributed by atoms with van der Waals surface area (Å²) >= 11 is 0. The number of hydrogen-bond acceptors (Lipinski definition) is 5. The molecule has 1 amide bonds. The first-order chi connectivity index (χ1) is 8.70. The van der Waals surface area contributed by atoms with Gasteiger partial charge in [-0.1, -0.05) is 6.58 Å². The third-order valence-electron chi connectivity index (χ3n) is 2.13. The Kier molecular flexibility index (Phi) is 4.52. The second-order valence-corrected chi connectivity index (χ2v) is 3.66. The van der Waals surface area contributed by atoms with Gasteiger partial charge in [0.15, 0.2) is 0 Å². The average molecular weight is 281 g/mol. The lowest BCUT2D eigenvalue weighted by Gasteiger charge is -2.11. The van der Waals surface area contributed by atoms with Crippen molar-refractivity contribution < 1.29 is 37.0 Å². The van der Waals surface area contributed by atoms with Crippen molar-refractivity contribution in [3.63, 3.8) is 0 Å². The molecule has 0 aromatic carbocycles. The number of alkyl halides is 3. The van der Waals surface area contributed by atoms with Crippen molar-refractivity contribution in [2.45, 2.75) is 18.7 Å². The second kappa shape index (κ2) is 5.72. The van der Waals surface area contributed by atoms with Crippen LogP contribution in [0.25, 0.3) is 0 Å². The molecule has 0 radical (unpaired) electrons. The number of carbonyl (C=O) groups excluding carboxylic acids is 3.